The molecule has 1 saturated heterocycles. The van der Waals surface area contributed by atoms with Gasteiger partial charge in [0.05, 0.1) is 0 Å². The minimum absolute atomic E-state index is 0. The van der Waals surface area contributed by atoms with Gasteiger partial charge >= 0.3 is 26.2 Å². The van der Waals surface area contributed by atoms with Crippen LogP contribution in [0.15, 0.2) is 24.4 Å². The first-order chi connectivity index (χ1) is 7.70. The van der Waals surface area contributed by atoms with Crippen molar-refractivity contribution < 1.29 is 0 Å². The van der Waals surface area contributed by atoms with Gasteiger partial charge in [0.15, 0.2) is 0 Å². The Morgan fingerprint density at radius 1 is 1.41 bits per heavy atom. The van der Waals surface area contributed by atoms with Gasteiger partial charge < -0.3 is 16.0 Å². The fourth-order valence-electron chi connectivity index (χ4n) is 1.43. The number of nitrogens with one attached hydrogen (secondary N) is 1. The second-order valence-electron chi connectivity index (χ2n) is 3.26. The molecule has 1 aliphatic heterocycles. The van der Waals surface area contributed by atoms with Gasteiger partial charge in [-0.3, -0.25) is 0 Å². The number of rotatable bonds is 1. The first kappa shape index (κ1) is 17.0. The average Bonchev–Trinajstić information content (AvgIpc) is 2.31. The van der Waals surface area contributed by atoms with Gasteiger partial charge in [-0.1, -0.05) is 18.3 Å². The number of pyridine rings is 1. The minimum Gasteiger partial charge on any atom is -0.354 e. The molecule has 2 rings (SSSR count). The number of anilines is 1. The van der Waals surface area contributed by atoms with Crippen molar-refractivity contribution >= 4 is 61.2 Å². The third-order valence-corrected chi connectivity index (χ3v) is 2.09. The number of nitrogens with zero attached hydrogens (tertiary/aromatic N) is 2. The van der Waals surface area contributed by atoms with E-state index in [4.69, 9.17) is 5.73 Å². The Labute approximate surface area is 132 Å². The zero-order valence-electron chi connectivity index (χ0n) is 9.67. The number of thiocarbonyl (C=S) groups is 1. The number of hydrogen-bond donors (Lipinski definition) is 3. The third kappa shape index (κ3) is 7.87. The van der Waals surface area contributed by atoms with Crippen LogP contribution < -0.4 is 16.0 Å². The molecular weight excluding hydrogens is 449 g/mol. The Bertz CT molecular complexity index is 313. The van der Waals surface area contributed by atoms with Crippen molar-refractivity contribution in [1.82, 2.24) is 10.3 Å². The van der Waals surface area contributed by atoms with Crippen molar-refractivity contribution in [2.75, 3.05) is 31.1 Å². The van der Waals surface area contributed by atoms with E-state index in [9.17, 15) is 0 Å². The summed E-state index contributed by atoms with van der Waals surface area (Å²) in [5.41, 5.74) is 4.71. The standard InChI is InChI=1S/C9H13N3.CH3NS2.Bi.3H/c1-2-4-11-9(3-1)12-7-5-10-6-8-12;2-1(3)4;;;;/h1-4,10H,5-8H2;(H3,2,3,4);;;;. The predicted octanol–water partition coefficient (Wildman–Crippen LogP) is -0.533. The third-order valence-electron chi connectivity index (χ3n) is 2.09. The fourth-order valence-corrected chi connectivity index (χ4v) is 1.43. The molecule has 1 aromatic rings. The van der Waals surface area contributed by atoms with Crippen LogP contribution in [-0.4, -0.2) is 61.7 Å². The van der Waals surface area contributed by atoms with Crippen LogP contribution in [0.4, 0.5) is 5.82 Å². The Morgan fingerprint density at radius 3 is 2.47 bits per heavy atom. The average molecular weight is 468 g/mol. The van der Waals surface area contributed by atoms with Crippen LogP contribution >= 0.6 is 24.8 Å². The molecule has 7 heteroatoms. The molecule has 0 atom stereocenters. The van der Waals surface area contributed by atoms with Crippen molar-refractivity contribution in [2.45, 2.75) is 0 Å². The van der Waals surface area contributed by atoms with Crippen molar-refractivity contribution in [3.05, 3.63) is 24.4 Å². The normalized spacial score (nSPS) is 14.1. The zero-order valence-corrected chi connectivity index (χ0v) is 16.9. The van der Waals surface area contributed by atoms with Crippen LogP contribution in [0.25, 0.3) is 0 Å². The predicted molar refractivity (Wildman–Crippen MR) is 85.0 cm³/mol. The Kier molecular flexibility index (Phi) is 10.0. The largest absolute Gasteiger partial charge is 0.354 e. The molecule has 0 saturated carbocycles. The first-order valence-electron chi connectivity index (χ1n) is 5.05. The van der Waals surface area contributed by atoms with Crippen LogP contribution in [-0.2, 0) is 0 Å². The maximum absolute atomic E-state index is 4.71. The van der Waals surface area contributed by atoms with E-state index >= 15 is 0 Å². The van der Waals surface area contributed by atoms with Crippen molar-refractivity contribution in [3.8, 4) is 0 Å². The van der Waals surface area contributed by atoms with Gasteiger partial charge in [-0.05, 0) is 12.1 Å². The number of piperazine rings is 1. The molecule has 0 aromatic carbocycles. The molecule has 4 nitrogen and oxygen atoms in total. The smallest absolute Gasteiger partial charge is 0.128 e. The summed E-state index contributed by atoms with van der Waals surface area (Å²) in [7, 11) is 0. The molecule has 0 radical (unpaired) electrons. The van der Waals surface area contributed by atoms with Gasteiger partial charge in [0.1, 0.15) is 10.1 Å². The summed E-state index contributed by atoms with van der Waals surface area (Å²) in [5.74, 6) is 1.10. The molecule has 0 unspecified atom stereocenters. The Balaban J connectivity index is 0.000000453. The van der Waals surface area contributed by atoms with Gasteiger partial charge in [-0.2, -0.15) is 0 Å². The van der Waals surface area contributed by atoms with Crippen LogP contribution in [0.5, 0.6) is 0 Å². The summed E-state index contributed by atoms with van der Waals surface area (Å²) in [6.07, 6.45) is 1.84. The molecule has 0 aliphatic carbocycles. The van der Waals surface area contributed by atoms with Gasteiger partial charge in [-0.25, -0.2) is 4.98 Å². The van der Waals surface area contributed by atoms with E-state index in [2.05, 4.69) is 46.1 Å². The number of thiol groups is 1. The monoisotopic (exact) mass is 468 g/mol. The first-order valence-corrected chi connectivity index (χ1v) is 5.91. The summed E-state index contributed by atoms with van der Waals surface area (Å²) in [5, 5.41) is 3.32. The minimum atomic E-state index is 0. The van der Waals surface area contributed by atoms with Crippen molar-refractivity contribution in [1.29, 1.82) is 0 Å². The number of hydrogen-bond acceptors (Lipinski definition) is 4. The molecule has 3 N–H and O–H groups in total. The van der Waals surface area contributed by atoms with E-state index < -0.39 is 0 Å². The maximum atomic E-state index is 4.71. The summed E-state index contributed by atoms with van der Waals surface area (Å²) < 4.78 is 0.194. The Morgan fingerprint density at radius 2 is 2.00 bits per heavy atom. The molecule has 2 heterocycles. The van der Waals surface area contributed by atoms with Crippen LogP contribution in [0.3, 0.4) is 0 Å². The van der Waals surface area contributed by atoms with Crippen LogP contribution in [0, 0.1) is 0 Å². The molecule has 1 aliphatic rings. The maximum Gasteiger partial charge on any atom is 0.128 e. The summed E-state index contributed by atoms with van der Waals surface area (Å²) in [6, 6.07) is 6.04. The van der Waals surface area contributed by atoms with Crippen LogP contribution in [0.2, 0.25) is 0 Å². The SMILES string of the molecule is NC(=S)S.[BiH3].c1ccc(N2CCNCC2)nc1. The number of aromatic nitrogens is 1. The summed E-state index contributed by atoms with van der Waals surface area (Å²) in [6.45, 7) is 4.27. The molecule has 1 fully saturated rings. The van der Waals surface area contributed by atoms with Gasteiger partial charge in [0, 0.05) is 32.4 Å². The second kappa shape index (κ2) is 10.0. The van der Waals surface area contributed by atoms with E-state index in [0.717, 1.165) is 32.0 Å². The topological polar surface area (TPSA) is 54.2 Å². The Hall–Kier alpha value is 0.0331. The summed E-state index contributed by atoms with van der Waals surface area (Å²) >= 11 is 7.65. The van der Waals surface area contributed by atoms with E-state index in [-0.39, 0.29) is 30.5 Å². The van der Waals surface area contributed by atoms with Crippen molar-refractivity contribution in [3.63, 3.8) is 0 Å². The fraction of sp³-hybridized carbons (Fsp3) is 0.400. The molecule has 17 heavy (non-hydrogen) atoms. The molecule has 0 amide bonds. The molecule has 96 valence electrons. The van der Waals surface area contributed by atoms with Gasteiger partial charge in [0.25, 0.3) is 0 Å². The molecular formula is C10H19BiN4S2. The van der Waals surface area contributed by atoms with E-state index in [1.807, 2.05) is 18.3 Å². The second-order valence-corrected chi connectivity index (χ2v) is 4.49. The zero-order chi connectivity index (χ0) is 11.8. The van der Waals surface area contributed by atoms with Gasteiger partial charge in [0.2, 0.25) is 0 Å². The van der Waals surface area contributed by atoms with Crippen molar-refractivity contribution in [2.24, 2.45) is 5.73 Å². The number of nitrogens with two attached hydrogens (primary N) is 1. The van der Waals surface area contributed by atoms with E-state index in [1.165, 1.54) is 0 Å². The molecule has 0 spiro atoms. The van der Waals surface area contributed by atoms with E-state index in [0.29, 0.717) is 0 Å². The van der Waals surface area contributed by atoms with E-state index in [1.54, 1.807) is 0 Å². The molecule has 1 aromatic heterocycles. The molecule has 0 bridgehead atoms. The summed E-state index contributed by atoms with van der Waals surface area (Å²) in [4.78, 5) is 6.60. The quantitative estimate of drug-likeness (QED) is 0.294. The van der Waals surface area contributed by atoms with Crippen LogP contribution in [0.1, 0.15) is 0 Å². The van der Waals surface area contributed by atoms with Gasteiger partial charge in [-0.15, -0.1) is 12.6 Å².